The average molecular weight is 277 g/mol. The minimum Gasteiger partial charge on any atom is -0.467 e. The van der Waals surface area contributed by atoms with Gasteiger partial charge in [0.25, 0.3) is 0 Å². The summed E-state index contributed by atoms with van der Waals surface area (Å²) >= 11 is 0. The Morgan fingerprint density at radius 3 is 2.55 bits per heavy atom. The zero-order valence-electron chi connectivity index (χ0n) is 11.6. The van der Waals surface area contributed by atoms with Gasteiger partial charge in [0.05, 0.1) is 7.11 Å². The van der Waals surface area contributed by atoms with Gasteiger partial charge in [-0.15, -0.1) is 0 Å². The maximum atomic E-state index is 13.3. The van der Waals surface area contributed by atoms with E-state index >= 15 is 0 Å². The fraction of sp³-hybridized carbons (Fsp3) is 0.308. The number of anilines is 3. The molecule has 0 aliphatic heterocycles. The van der Waals surface area contributed by atoms with Crippen molar-refractivity contribution in [2.45, 2.75) is 13.8 Å². The van der Waals surface area contributed by atoms with Crippen molar-refractivity contribution in [3.05, 3.63) is 29.6 Å². The standard InChI is InChI=1S/C13H16FN5O/c1-4-15-11-17-12(19-13(18-11)20-3)16-10-6-8(2)5-9(14)7-10/h5-7H,4H2,1-3H3,(H2,15,16,17,18,19). The Kier molecular flexibility index (Phi) is 4.29. The number of nitrogens with one attached hydrogen (secondary N) is 2. The number of nitrogens with zero attached hydrogens (tertiary/aromatic N) is 3. The van der Waals surface area contributed by atoms with Gasteiger partial charge in [0.15, 0.2) is 0 Å². The van der Waals surface area contributed by atoms with Crippen molar-refractivity contribution in [2.24, 2.45) is 0 Å². The number of rotatable bonds is 5. The first-order valence-electron chi connectivity index (χ1n) is 6.19. The van der Waals surface area contributed by atoms with Crippen LogP contribution in [0.1, 0.15) is 12.5 Å². The molecule has 0 bridgehead atoms. The second-order valence-electron chi connectivity index (χ2n) is 4.14. The summed E-state index contributed by atoms with van der Waals surface area (Å²) in [4.78, 5) is 12.3. The lowest BCUT2D eigenvalue weighted by Crippen LogP contribution is -2.08. The Hall–Kier alpha value is -2.44. The number of aromatic nitrogens is 3. The summed E-state index contributed by atoms with van der Waals surface area (Å²) in [5.41, 5.74) is 1.37. The van der Waals surface area contributed by atoms with Gasteiger partial charge in [0, 0.05) is 12.2 Å². The highest BCUT2D eigenvalue weighted by Crippen LogP contribution is 2.19. The van der Waals surface area contributed by atoms with E-state index in [0.29, 0.717) is 18.2 Å². The van der Waals surface area contributed by atoms with Crippen molar-refractivity contribution in [3.8, 4) is 6.01 Å². The predicted octanol–water partition coefficient (Wildman–Crippen LogP) is 2.50. The lowest BCUT2D eigenvalue weighted by Gasteiger charge is -2.09. The van der Waals surface area contributed by atoms with Crippen molar-refractivity contribution in [2.75, 3.05) is 24.3 Å². The van der Waals surface area contributed by atoms with Gasteiger partial charge in [-0.25, -0.2) is 4.39 Å². The molecule has 1 heterocycles. The molecule has 1 aromatic carbocycles. The van der Waals surface area contributed by atoms with Crippen LogP contribution < -0.4 is 15.4 Å². The zero-order valence-corrected chi connectivity index (χ0v) is 11.6. The number of ether oxygens (including phenoxy) is 1. The average Bonchev–Trinajstić information content (AvgIpc) is 2.37. The van der Waals surface area contributed by atoms with Crippen molar-refractivity contribution < 1.29 is 9.13 Å². The topological polar surface area (TPSA) is 72.0 Å². The summed E-state index contributed by atoms with van der Waals surface area (Å²) in [7, 11) is 1.47. The molecule has 0 unspecified atom stereocenters. The van der Waals surface area contributed by atoms with Crippen LogP contribution in [-0.4, -0.2) is 28.6 Å². The summed E-state index contributed by atoms with van der Waals surface area (Å²) in [6.07, 6.45) is 0. The zero-order chi connectivity index (χ0) is 14.5. The third-order valence-corrected chi connectivity index (χ3v) is 2.43. The van der Waals surface area contributed by atoms with E-state index in [4.69, 9.17) is 4.74 Å². The minimum absolute atomic E-state index is 0.187. The van der Waals surface area contributed by atoms with Gasteiger partial charge in [0.1, 0.15) is 5.82 Å². The smallest absolute Gasteiger partial charge is 0.322 e. The van der Waals surface area contributed by atoms with Crippen LogP contribution in [0, 0.1) is 12.7 Å². The fourth-order valence-corrected chi connectivity index (χ4v) is 1.68. The van der Waals surface area contributed by atoms with Crippen molar-refractivity contribution in [1.29, 1.82) is 0 Å². The lowest BCUT2D eigenvalue weighted by atomic mass is 10.2. The van der Waals surface area contributed by atoms with Gasteiger partial charge >= 0.3 is 6.01 Å². The molecular formula is C13H16FN5O. The third kappa shape index (κ3) is 3.53. The van der Waals surface area contributed by atoms with Crippen molar-refractivity contribution in [3.63, 3.8) is 0 Å². The van der Waals surface area contributed by atoms with E-state index in [0.717, 1.165) is 5.56 Å². The van der Waals surface area contributed by atoms with Crippen molar-refractivity contribution in [1.82, 2.24) is 15.0 Å². The summed E-state index contributed by atoms with van der Waals surface area (Å²) < 4.78 is 18.4. The number of benzene rings is 1. The van der Waals surface area contributed by atoms with Crippen LogP contribution in [0.5, 0.6) is 6.01 Å². The first kappa shape index (κ1) is 14.0. The molecule has 0 atom stereocenters. The van der Waals surface area contributed by atoms with E-state index in [1.165, 1.54) is 19.2 Å². The number of hydrogen-bond acceptors (Lipinski definition) is 6. The molecule has 0 saturated heterocycles. The maximum absolute atomic E-state index is 13.3. The largest absolute Gasteiger partial charge is 0.467 e. The Morgan fingerprint density at radius 1 is 1.15 bits per heavy atom. The molecule has 20 heavy (non-hydrogen) atoms. The Bertz CT molecular complexity index is 585. The number of halogens is 1. The van der Waals surface area contributed by atoms with E-state index in [2.05, 4.69) is 25.6 Å². The van der Waals surface area contributed by atoms with E-state index < -0.39 is 0 Å². The molecule has 0 radical (unpaired) electrons. The Labute approximate surface area is 116 Å². The van der Waals surface area contributed by atoms with Crippen molar-refractivity contribution >= 4 is 17.6 Å². The predicted molar refractivity (Wildman–Crippen MR) is 75.0 cm³/mol. The van der Waals surface area contributed by atoms with Gasteiger partial charge in [-0.1, -0.05) is 0 Å². The second kappa shape index (κ2) is 6.14. The van der Waals surface area contributed by atoms with Crippen LogP contribution >= 0.6 is 0 Å². The number of aryl methyl sites for hydroxylation is 1. The summed E-state index contributed by atoms with van der Waals surface area (Å²) in [5.74, 6) is 0.369. The van der Waals surface area contributed by atoms with E-state index in [9.17, 15) is 4.39 Å². The Balaban J connectivity index is 2.29. The van der Waals surface area contributed by atoms with Gasteiger partial charge in [0.2, 0.25) is 11.9 Å². The van der Waals surface area contributed by atoms with E-state index in [1.807, 2.05) is 13.8 Å². The minimum atomic E-state index is -0.319. The molecule has 7 heteroatoms. The first-order valence-corrected chi connectivity index (χ1v) is 6.19. The van der Waals surface area contributed by atoms with Crippen LogP contribution in [0.3, 0.4) is 0 Å². The van der Waals surface area contributed by atoms with Crippen LogP contribution in [0.25, 0.3) is 0 Å². The molecule has 0 spiro atoms. The molecule has 6 nitrogen and oxygen atoms in total. The second-order valence-corrected chi connectivity index (χ2v) is 4.14. The molecule has 106 valence electrons. The monoisotopic (exact) mass is 277 g/mol. The molecule has 0 amide bonds. The molecule has 0 aliphatic carbocycles. The highest BCUT2D eigenvalue weighted by Gasteiger charge is 2.07. The quantitative estimate of drug-likeness (QED) is 0.875. The highest BCUT2D eigenvalue weighted by molar-refractivity contribution is 5.55. The van der Waals surface area contributed by atoms with Crippen LogP contribution in [0.2, 0.25) is 0 Å². The summed E-state index contributed by atoms with van der Waals surface area (Å²) in [6, 6.07) is 4.80. The third-order valence-electron chi connectivity index (χ3n) is 2.43. The fourth-order valence-electron chi connectivity index (χ4n) is 1.68. The van der Waals surface area contributed by atoms with Gasteiger partial charge in [-0.2, -0.15) is 15.0 Å². The molecular weight excluding hydrogens is 261 g/mol. The van der Waals surface area contributed by atoms with E-state index in [1.54, 1.807) is 6.07 Å². The van der Waals surface area contributed by atoms with Crippen LogP contribution in [0.15, 0.2) is 18.2 Å². The Morgan fingerprint density at radius 2 is 1.90 bits per heavy atom. The molecule has 1 aromatic heterocycles. The van der Waals surface area contributed by atoms with Gasteiger partial charge < -0.3 is 15.4 Å². The van der Waals surface area contributed by atoms with E-state index in [-0.39, 0.29) is 17.8 Å². The molecule has 0 aliphatic rings. The lowest BCUT2D eigenvalue weighted by molar-refractivity contribution is 0.379. The number of hydrogen-bond donors (Lipinski definition) is 2. The van der Waals surface area contributed by atoms with Crippen LogP contribution in [-0.2, 0) is 0 Å². The molecule has 2 aromatic rings. The van der Waals surface area contributed by atoms with Gasteiger partial charge in [-0.3, -0.25) is 0 Å². The molecule has 0 saturated carbocycles. The summed E-state index contributed by atoms with van der Waals surface area (Å²) in [5, 5.41) is 5.91. The molecule has 2 N–H and O–H groups in total. The summed E-state index contributed by atoms with van der Waals surface area (Å²) in [6.45, 7) is 4.41. The molecule has 0 fully saturated rings. The SMILES string of the molecule is CCNc1nc(Nc2cc(C)cc(F)c2)nc(OC)n1. The van der Waals surface area contributed by atoms with Crippen LogP contribution in [0.4, 0.5) is 22.0 Å². The highest BCUT2D eigenvalue weighted by atomic mass is 19.1. The maximum Gasteiger partial charge on any atom is 0.322 e. The normalized spacial score (nSPS) is 10.2. The molecule has 2 rings (SSSR count). The first-order chi connectivity index (χ1) is 9.60. The number of methoxy groups -OCH3 is 1. The van der Waals surface area contributed by atoms with Gasteiger partial charge in [-0.05, 0) is 37.6 Å².